The van der Waals surface area contributed by atoms with Crippen LogP contribution >= 0.6 is 0 Å². The lowest BCUT2D eigenvalue weighted by Crippen LogP contribution is -2.43. The van der Waals surface area contributed by atoms with Gasteiger partial charge in [-0.1, -0.05) is 30.3 Å². The number of amides is 2. The predicted molar refractivity (Wildman–Crippen MR) is 85.9 cm³/mol. The van der Waals surface area contributed by atoms with Gasteiger partial charge < -0.3 is 16.0 Å². The minimum atomic E-state index is 0.0160. The van der Waals surface area contributed by atoms with Gasteiger partial charge in [-0.2, -0.15) is 0 Å². The van der Waals surface area contributed by atoms with Gasteiger partial charge in [-0.3, -0.25) is 9.59 Å². The molecule has 22 heavy (non-hydrogen) atoms. The Bertz CT molecular complexity index is 482. The zero-order valence-corrected chi connectivity index (χ0v) is 13.0. The number of piperidine rings is 1. The number of nitrogens with two attached hydrogens (primary N) is 1. The maximum Gasteiger partial charge on any atom is 0.223 e. The van der Waals surface area contributed by atoms with Crippen molar-refractivity contribution in [3.63, 3.8) is 0 Å². The summed E-state index contributed by atoms with van der Waals surface area (Å²) in [4.78, 5) is 26.0. The number of hydrogen-bond acceptors (Lipinski definition) is 3. The molecule has 0 atom stereocenters. The van der Waals surface area contributed by atoms with Crippen molar-refractivity contribution in [2.45, 2.75) is 32.2 Å². The van der Waals surface area contributed by atoms with Crippen LogP contribution in [0.2, 0.25) is 0 Å². The molecule has 1 heterocycles. The van der Waals surface area contributed by atoms with Crippen molar-refractivity contribution in [3.8, 4) is 0 Å². The standard InChI is InChI=1S/C17H25N3O2/c18-10-4-7-16(21)20-11-8-15(9-12-20)17(22)19-13-14-5-2-1-3-6-14/h1-3,5-6,15H,4,7-13,18H2,(H,19,22). The summed E-state index contributed by atoms with van der Waals surface area (Å²) in [6.45, 7) is 2.46. The first-order valence-corrected chi connectivity index (χ1v) is 8.00. The highest BCUT2D eigenvalue weighted by Gasteiger charge is 2.26. The summed E-state index contributed by atoms with van der Waals surface area (Å²) in [5, 5.41) is 2.99. The lowest BCUT2D eigenvalue weighted by molar-refractivity contribution is -0.135. The Labute approximate surface area is 131 Å². The lowest BCUT2D eigenvalue weighted by atomic mass is 9.95. The van der Waals surface area contributed by atoms with Crippen LogP contribution in [0.25, 0.3) is 0 Å². The maximum atomic E-state index is 12.2. The van der Waals surface area contributed by atoms with Crippen molar-refractivity contribution in [3.05, 3.63) is 35.9 Å². The molecule has 5 heteroatoms. The number of carbonyl (C=O) groups excluding carboxylic acids is 2. The van der Waals surface area contributed by atoms with Crippen LogP contribution in [0.5, 0.6) is 0 Å². The van der Waals surface area contributed by atoms with Gasteiger partial charge in [0.05, 0.1) is 0 Å². The molecule has 2 rings (SSSR count). The van der Waals surface area contributed by atoms with Crippen molar-refractivity contribution in [2.75, 3.05) is 19.6 Å². The minimum Gasteiger partial charge on any atom is -0.352 e. The molecular weight excluding hydrogens is 278 g/mol. The van der Waals surface area contributed by atoms with Gasteiger partial charge in [-0.05, 0) is 31.4 Å². The molecule has 0 spiro atoms. The Balaban J connectivity index is 1.72. The molecule has 1 fully saturated rings. The van der Waals surface area contributed by atoms with Crippen molar-refractivity contribution in [1.29, 1.82) is 0 Å². The highest BCUT2D eigenvalue weighted by Crippen LogP contribution is 2.18. The second kappa shape index (κ2) is 8.54. The topological polar surface area (TPSA) is 75.4 Å². The second-order valence-corrected chi connectivity index (χ2v) is 5.75. The third kappa shape index (κ3) is 4.84. The summed E-state index contributed by atoms with van der Waals surface area (Å²) in [5.41, 5.74) is 6.53. The predicted octanol–water partition coefficient (Wildman–Crippen LogP) is 1.28. The third-order valence-corrected chi connectivity index (χ3v) is 4.12. The fourth-order valence-corrected chi connectivity index (χ4v) is 2.73. The van der Waals surface area contributed by atoms with Gasteiger partial charge in [0.15, 0.2) is 0 Å². The van der Waals surface area contributed by atoms with Gasteiger partial charge in [0.2, 0.25) is 11.8 Å². The highest BCUT2D eigenvalue weighted by atomic mass is 16.2. The van der Waals surface area contributed by atoms with Crippen LogP contribution in [0.1, 0.15) is 31.2 Å². The molecule has 1 aromatic rings. The number of benzene rings is 1. The first kappa shape index (κ1) is 16.5. The lowest BCUT2D eigenvalue weighted by Gasteiger charge is -2.31. The molecule has 1 aliphatic heterocycles. The zero-order valence-electron chi connectivity index (χ0n) is 13.0. The summed E-state index contributed by atoms with van der Waals surface area (Å²) in [7, 11) is 0. The molecule has 0 saturated carbocycles. The summed E-state index contributed by atoms with van der Waals surface area (Å²) in [5.74, 6) is 0.272. The Kier molecular flexibility index (Phi) is 6.40. The Morgan fingerprint density at radius 1 is 1.18 bits per heavy atom. The average Bonchev–Trinajstić information content (AvgIpc) is 2.58. The number of carbonyl (C=O) groups is 2. The number of hydrogen-bond donors (Lipinski definition) is 2. The molecule has 0 aromatic heterocycles. The van der Waals surface area contributed by atoms with E-state index in [-0.39, 0.29) is 17.7 Å². The first-order chi connectivity index (χ1) is 10.7. The van der Waals surface area contributed by atoms with Crippen LogP contribution in [0, 0.1) is 5.92 Å². The minimum absolute atomic E-state index is 0.0160. The molecule has 5 nitrogen and oxygen atoms in total. The largest absolute Gasteiger partial charge is 0.352 e. The van der Waals surface area contributed by atoms with Crippen LogP contribution in [0.15, 0.2) is 30.3 Å². The molecule has 3 N–H and O–H groups in total. The van der Waals surface area contributed by atoms with E-state index in [0.29, 0.717) is 32.6 Å². The van der Waals surface area contributed by atoms with Gasteiger partial charge in [0.25, 0.3) is 0 Å². The van der Waals surface area contributed by atoms with E-state index in [4.69, 9.17) is 5.73 Å². The highest BCUT2D eigenvalue weighted by molar-refractivity contribution is 5.80. The first-order valence-electron chi connectivity index (χ1n) is 8.00. The van der Waals surface area contributed by atoms with Crippen molar-refractivity contribution in [1.82, 2.24) is 10.2 Å². The van der Waals surface area contributed by atoms with Crippen LogP contribution in [0.3, 0.4) is 0 Å². The van der Waals surface area contributed by atoms with Crippen LogP contribution < -0.4 is 11.1 Å². The SMILES string of the molecule is NCCCC(=O)N1CCC(C(=O)NCc2ccccc2)CC1. The van der Waals surface area contributed by atoms with E-state index >= 15 is 0 Å². The number of nitrogens with zero attached hydrogens (tertiary/aromatic N) is 1. The van der Waals surface area contributed by atoms with Crippen LogP contribution in [-0.4, -0.2) is 36.3 Å². The van der Waals surface area contributed by atoms with E-state index in [1.807, 2.05) is 35.2 Å². The molecule has 0 aliphatic carbocycles. The molecular formula is C17H25N3O2. The van der Waals surface area contributed by atoms with E-state index in [1.54, 1.807) is 0 Å². The summed E-state index contributed by atoms with van der Waals surface area (Å²) < 4.78 is 0. The normalized spacial score (nSPS) is 15.6. The van der Waals surface area contributed by atoms with E-state index < -0.39 is 0 Å². The zero-order chi connectivity index (χ0) is 15.8. The summed E-state index contributed by atoms with van der Waals surface area (Å²) in [6.07, 6.45) is 2.74. The molecule has 2 amide bonds. The van der Waals surface area contributed by atoms with E-state index in [9.17, 15) is 9.59 Å². The number of nitrogens with one attached hydrogen (secondary N) is 1. The molecule has 0 unspecified atom stereocenters. The Morgan fingerprint density at radius 3 is 2.50 bits per heavy atom. The van der Waals surface area contributed by atoms with Gasteiger partial charge in [0.1, 0.15) is 0 Å². The fourth-order valence-electron chi connectivity index (χ4n) is 2.73. The van der Waals surface area contributed by atoms with Crippen molar-refractivity contribution < 1.29 is 9.59 Å². The molecule has 120 valence electrons. The molecule has 0 radical (unpaired) electrons. The monoisotopic (exact) mass is 303 g/mol. The smallest absolute Gasteiger partial charge is 0.223 e. The van der Waals surface area contributed by atoms with E-state index in [1.165, 1.54) is 0 Å². The Hall–Kier alpha value is -1.88. The summed E-state index contributed by atoms with van der Waals surface area (Å²) in [6, 6.07) is 9.89. The van der Waals surface area contributed by atoms with Crippen molar-refractivity contribution >= 4 is 11.8 Å². The number of rotatable bonds is 6. The average molecular weight is 303 g/mol. The van der Waals surface area contributed by atoms with Gasteiger partial charge in [-0.25, -0.2) is 0 Å². The van der Waals surface area contributed by atoms with Gasteiger partial charge in [-0.15, -0.1) is 0 Å². The van der Waals surface area contributed by atoms with Gasteiger partial charge >= 0.3 is 0 Å². The van der Waals surface area contributed by atoms with E-state index in [2.05, 4.69) is 5.32 Å². The van der Waals surface area contributed by atoms with Crippen LogP contribution in [0.4, 0.5) is 0 Å². The van der Waals surface area contributed by atoms with Crippen molar-refractivity contribution in [2.24, 2.45) is 11.7 Å². The van der Waals surface area contributed by atoms with Crippen LogP contribution in [-0.2, 0) is 16.1 Å². The van der Waals surface area contributed by atoms with Gasteiger partial charge in [0, 0.05) is 32.0 Å². The third-order valence-electron chi connectivity index (χ3n) is 4.12. The molecule has 1 aliphatic rings. The maximum absolute atomic E-state index is 12.2. The van der Waals surface area contributed by atoms with E-state index in [0.717, 1.165) is 24.8 Å². The summed E-state index contributed by atoms with van der Waals surface area (Å²) >= 11 is 0. The molecule has 0 bridgehead atoms. The Morgan fingerprint density at radius 2 is 1.86 bits per heavy atom. The second-order valence-electron chi connectivity index (χ2n) is 5.75. The fraction of sp³-hybridized carbons (Fsp3) is 0.529. The quantitative estimate of drug-likeness (QED) is 0.831. The molecule has 1 saturated heterocycles. The number of likely N-dealkylation sites (tertiary alicyclic amines) is 1. The molecule has 1 aromatic carbocycles.